The molecular formula is C20H27F3N2O. The van der Waals surface area contributed by atoms with Crippen LogP contribution in [-0.4, -0.2) is 36.6 Å². The number of carbonyl (C=O) groups is 1. The molecule has 0 radical (unpaired) electrons. The molecule has 2 unspecified atom stereocenters. The Morgan fingerprint density at radius 1 is 1.23 bits per heavy atom. The maximum atomic E-state index is 12.9. The summed E-state index contributed by atoms with van der Waals surface area (Å²) in [7, 11) is 0. The van der Waals surface area contributed by atoms with E-state index in [-0.39, 0.29) is 31.5 Å². The maximum Gasteiger partial charge on any atom is 0.393 e. The van der Waals surface area contributed by atoms with Crippen LogP contribution in [0.5, 0.6) is 0 Å². The normalized spacial score (nSPS) is 22.5. The van der Waals surface area contributed by atoms with E-state index in [0.29, 0.717) is 13.0 Å². The number of piperidine rings is 1. The number of nitrogens with zero attached hydrogens (tertiary/aromatic N) is 1. The van der Waals surface area contributed by atoms with E-state index in [1.807, 2.05) is 6.92 Å². The standard InChI is InChI=1S/C20H27F3N2O/c1-14(16-9-8-15-5-2-3-6-17(15)11-16)24-19(26)13-25-10-4-7-18(12-25)20(21,22)23/h8-9,11,14,18H,2-7,10,12-13H2,1H3,(H,24,26). The lowest BCUT2D eigenvalue weighted by Gasteiger charge is -2.33. The van der Waals surface area contributed by atoms with Crippen LogP contribution in [-0.2, 0) is 17.6 Å². The highest BCUT2D eigenvalue weighted by Crippen LogP contribution is 2.33. The van der Waals surface area contributed by atoms with Crippen LogP contribution in [0.2, 0.25) is 0 Å². The Balaban J connectivity index is 1.54. The zero-order valence-corrected chi connectivity index (χ0v) is 15.2. The zero-order chi connectivity index (χ0) is 18.7. The summed E-state index contributed by atoms with van der Waals surface area (Å²) in [6.07, 6.45) is 1.10. The fourth-order valence-corrected chi connectivity index (χ4v) is 4.06. The molecule has 2 atom stereocenters. The molecule has 0 bridgehead atoms. The summed E-state index contributed by atoms with van der Waals surface area (Å²) in [4.78, 5) is 13.9. The highest BCUT2D eigenvalue weighted by Gasteiger charge is 2.41. The number of benzene rings is 1. The predicted molar refractivity (Wildman–Crippen MR) is 94.9 cm³/mol. The lowest BCUT2D eigenvalue weighted by Crippen LogP contribution is -2.46. The number of alkyl halides is 3. The SMILES string of the molecule is CC(NC(=O)CN1CCCC(C(F)(F)F)C1)c1ccc2c(c1)CCCC2. The van der Waals surface area contributed by atoms with Crippen LogP contribution in [0.4, 0.5) is 13.2 Å². The molecule has 0 aromatic heterocycles. The first kappa shape index (κ1) is 19.2. The Bertz CT molecular complexity index is 644. The van der Waals surface area contributed by atoms with Crippen molar-refractivity contribution in [2.45, 2.75) is 57.7 Å². The number of nitrogens with one attached hydrogen (secondary N) is 1. The van der Waals surface area contributed by atoms with Crippen LogP contribution in [0.1, 0.15) is 55.3 Å². The number of fused-ring (bicyclic) bond motifs is 1. The molecule has 26 heavy (non-hydrogen) atoms. The van der Waals surface area contributed by atoms with Gasteiger partial charge in [-0.25, -0.2) is 0 Å². The number of likely N-dealkylation sites (tertiary alicyclic amines) is 1. The molecule has 3 rings (SSSR count). The van der Waals surface area contributed by atoms with E-state index in [0.717, 1.165) is 18.4 Å². The van der Waals surface area contributed by atoms with Gasteiger partial charge in [0.05, 0.1) is 18.5 Å². The molecule has 6 heteroatoms. The Morgan fingerprint density at radius 3 is 2.69 bits per heavy atom. The topological polar surface area (TPSA) is 32.3 Å². The molecule has 1 amide bonds. The van der Waals surface area contributed by atoms with Gasteiger partial charge in [-0.05, 0) is 68.7 Å². The van der Waals surface area contributed by atoms with Crippen molar-refractivity contribution in [3.05, 3.63) is 34.9 Å². The molecule has 144 valence electrons. The lowest BCUT2D eigenvalue weighted by atomic mass is 9.89. The summed E-state index contributed by atoms with van der Waals surface area (Å²) >= 11 is 0. The van der Waals surface area contributed by atoms with Crippen molar-refractivity contribution in [3.63, 3.8) is 0 Å². The van der Waals surface area contributed by atoms with Gasteiger partial charge < -0.3 is 5.32 Å². The largest absolute Gasteiger partial charge is 0.393 e. The Kier molecular flexibility index (Phi) is 5.90. The molecule has 1 aromatic carbocycles. The number of hydrogen-bond acceptors (Lipinski definition) is 2. The van der Waals surface area contributed by atoms with Crippen molar-refractivity contribution in [2.75, 3.05) is 19.6 Å². The molecule has 1 aliphatic heterocycles. The molecule has 1 aromatic rings. The van der Waals surface area contributed by atoms with Gasteiger partial charge in [0.25, 0.3) is 0 Å². The average Bonchev–Trinajstić information content (AvgIpc) is 2.60. The first-order valence-corrected chi connectivity index (χ1v) is 9.53. The molecule has 1 fully saturated rings. The summed E-state index contributed by atoms with van der Waals surface area (Å²) in [6, 6.07) is 6.22. The molecular weight excluding hydrogens is 341 g/mol. The van der Waals surface area contributed by atoms with Crippen molar-refractivity contribution in [3.8, 4) is 0 Å². The van der Waals surface area contributed by atoms with E-state index < -0.39 is 12.1 Å². The molecule has 0 saturated carbocycles. The summed E-state index contributed by atoms with van der Waals surface area (Å²) in [5.74, 6) is -1.53. The summed E-state index contributed by atoms with van der Waals surface area (Å²) in [6.45, 7) is 2.43. The molecule has 1 N–H and O–H groups in total. The first-order chi connectivity index (χ1) is 12.3. The quantitative estimate of drug-likeness (QED) is 0.871. The van der Waals surface area contributed by atoms with E-state index in [1.54, 1.807) is 4.90 Å². The molecule has 1 aliphatic carbocycles. The van der Waals surface area contributed by atoms with Crippen molar-refractivity contribution in [1.29, 1.82) is 0 Å². The summed E-state index contributed by atoms with van der Waals surface area (Å²) in [5, 5.41) is 2.94. The van der Waals surface area contributed by atoms with Crippen LogP contribution >= 0.6 is 0 Å². The smallest absolute Gasteiger partial charge is 0.348 e. The minimum atomic E-state index is -4.18. The number of rotatable bonds is 4. The van der Waals surface area contributed by atoms with Gasteiger partial charge in [0.15, 0.2) is 0 Å². The maximum absolute atomic E-state index is 12.9. The fourth-order valence-electron chi connectivity index (χ4n) is 4.06. The average molecular weight is 368 g/mol. The van der Waals surface area contributed by atoms with Gasteiger partial charge >= 0.3 is 6.18 Å². The Hall–Kier alpha value is -1.56. The van der Waals surface area contributed by atoms with E-state index in [4.69, 9.17) is 0 Å². The molecule has 3 nitrogen and oxygen atoms in total. The van der Waals surface area contributed by atoms with Gasteiger partial charge in [-0.3, -0.25) is 9.69 Å². The van der Waals surface area contributed by atoms with Gasteiger partial charge in [0.2, 0.25) is 5.91 Å². The van der Waals surface area contributed by atoms with E-state index >= 15 is 0 Å². The molecule has 2 aliphatic rings. The number of amides is 1. The fraction of sp³-hybridized carbons (Fsp3) is 0.650. The highest BCUT2D eigenvalue weighted by atomic mass is 19.4. The van der Waals surface area contributed by atoms with Gasteiger partial charge in [0, 0.05) is 6.54 Å². The third-order valence-corrected chi connectivity index (χ3v) is 5.59. The van der Waals surface area contributed by atoms with Crippen molar-refractivity contribution in [2.24, 2.45) is 5.92 Å². The van der Waals surface area contributed by atoms with Crippen LogP contribution in [0.3, 0.4) is 0 Å². The lowest BCUT2D eigenvalue weighted by molar-refractivity contribution is -0.187. The number of aryl methyl sites for hydroxylation is 2. The number of hydrogen-bond donors (Lipinski definition) is 1. The van der Waals surface area contributed by atoms with Crippen molar-refractivity contribution < 1.29 is 18.0 Å². The molecule has 0 spiro atoms. The minimum Gasteiger partial charge on any atom is -0.348 e. The predicted octanol–water partition coefficient (Wildman–Crippen LogP) is 4.02. The molecule has 1 saturated heterocycles. The van der Waals surface area contributed by atoms with Gasteiger partial charge in [0.1, 0.15) is 0 Å². The zero-order valence-electron chi connectivity index (χ0n) is 15.2. The second-order valence-electron chi connectivity index (χ2n) is 7.64. The van der Waals surface area contributed by atoms with E-state index in [2.05, 4.69) is 23.5 Å². The van der Waals surface area contributed by atoms with Gasteiger partial charge in [-0.2, -0.15) is 13.2 Å². The number of carbonyl (C=O) groups excluding carboxylic acids is 1. The highest BCUT2D eigenvalue weighted by molar-refractivity contribution is 5.78. The van der Waals surface area contributed by atoms with Crippen LogP contribution in [0.25, 0.3) is 0 Å². The van der Waals surface area contributed by atoms with E-state index in [1.165, 1.54) is 24.0 Å². The third kappa shape index (κ3) is 4.78. The van der Waals surface area contributed by atoms with Crippen LogP contribution in [0.15, 0.2) is 18.2 Å². The summed E-state index contributed by atoms with van der Waals surface area (Å²) < 4.78 is 38.7. The van der Waals surface area contributed by atoms with Crippen molar-refractivity contribution >= 4 is 5.91 Å². The van der Waals surface area contributed by atoms with E-state index in [9.17, 15) is 18.0 Å². The molecule has 1 heterocycles. The second kappa shape index (κ2) is 7.99. The van der Waals surface area contributed by atoms with Crippen LogP contribution in [0, 0.1) is 5.92 Å². The van der Waals surface area contributed by atoms with Gasteiger partial charge in [-0.1, -0.05) is 18.2 Å². The van der Waals surface area contributed by atoms with Crippen LogP contribution < -0.4 is 5.32 Å². The minimum absolute atomic E-state index is 0.0296. The monoisotopic (exact) mass is 368 g/mol. The van der Waals surface area contributed by atoms with Crippen molar-refractivity contribution in [1.82, 2.24) is 10.2 Å². The summed E-state index contributed by atoms with van der Waals surface area (Å²) in [5.41, 5.74) is 3.81. The third-order valence-electron chi connectivity index (χ3n) is 5.59. The van der Waals surface area contributed by atoms with Gasteiger partial charge in [-0.15, -0.1) is 0 Å². The first-order valence-electron chi connectivity index (χ1n) is 9.53. The Morgan fingerprint density at radius 2 is 1.96 bits per heavy atom. The number of halogens is 3. The Labute approximate surface area is 152 Å². The second-order valence-corrected chi connectivity index (χ2v) is 7.64.